The van der Waals surface area contributed by atoms with Crippen LogP contribution in [-0.2, 0) is 0 Å². The minimum absolute atomic E-state index is 0.0453. The topological polar surface area (TPSA) is 43.8 Å². The molecule has 0 saturated carbocycles. The van der Waals surface area contributed by atoms with Crippen LogP contribution in [0.4, 0.5) is 10.1 Å². The van der Waals surface area contributed by atoms with E-state index in [0.29, 0.717) is 5.69 Å². The highest BCUT2D eigenvalue weighted by atomic mass is 19.1. The number of piperazine rings is 1. The maximum Gasteiger partial charge on any atom is 0.337 e. The number of aromatic carboxylic acids is 1. The number of carbonyl (C=O) groups is 1. The standard InChI is InChI=1S/C14H19FN2O2/c1-2-5-16-6-8-17(9-7-16)13-4-3-11(15)10-12(13)14(18)19/h3-4,10H,2,5-9H2,1H3,(H,18,19). The molecule has 0 atom stereocenters. The third-order valence-electron chi connectivity index (χ3n) is 3.44. The third-order valence-corrected chi connectivity index (χ3v) is 3.44. The minimum Gasteiger partial charge on any atom is -0.478 e. The molecule has 1 fully saturated rings. The van der Waals surface area contributed by atoms with E-state index in [-0.39, 0.29) is 5.56 Å². The Labute approximate surface area is 112 Å². The number of carboxylic acids is 1. The number of hydrogen-bond donors (Lipinski definition) is 1. The summed E-state index contributed by atoms with van der Waals surface area (Å²) in [6, 6.07) is 3.98. The Bertz CT molecular complexity index is 457. The summed E-state index contributed by atoms with van der Waals surface area (Å²) >= 11 is 0. The highest BCUT2D eigenvalue weighted by Gasteiger charge is 2.21. The average Bonchev–Trinajstić information content (AvgIpc) is 2.40. The van der Waals surface area contributed by atoms with Crippen molar-refractivity contribution in [3.63, 3.8) is 0 Å². The van der Waals surface area contributed by atoms with Crippen LogP contribution in [0.3, 0.4) is 0 Å². The molecule has 4 nitrogen and oxygen atoms in total. The summed E-state index contributed by atoms with van der Waals surface area (Å²) in [5, 5.41) is 9.15. The van der Waals surface area contributed by atoms with Gasteiger partial charge in [0.05, 0.1) is 11.3 Å². The first-order chi connectivity index (χ1) is 9.11. The smallest absolute Gasteiger partial charge is 0.337 e. The van der Waals surface area contributed by atoms with Crippen molar-refractivity contribution in [2.24, 2.45) is 0 Å². The number of benzene rings is 1. The monoisotopic (exact) mass is 266 g/mol. The predicted molar refractivity (Wildman–Crippen MR) is 72.3 cm³/mol. The van der Waals surface area contributed by atoms with E-state index in [1.165, 1.54) is 6.07 Å². The number of anilines is 1. The Balaban J connectivity index is 2.13. The maximum absolute atomic E-state index is 13.1. The Morgan fingerprint density at radius 3 is 2.58 bits per heavy atom. The molecule has 19 heavy (non-hydrogen) atoms. The van der Waals surface area contributed by atoms with E-state index < -0.39 is 11.8 Å². The van der Waals surface area contributed by atoms with Gasteiger partial charge in [0, 0.05) is 26.2 Å². The molecule has 5 heteroatoms. The molecule has 2 rings (SSSR count). The largest absolute Gasteiger partial charge is 0.478 e. The van der Waals surface area contributed by atoms with E-state index in [1.807, 2.05) is 4.90 Å². The molecule has 104 valence electrons. The van der Waals surface area contributed by atoms with Gasteiger partial charge in [0.2, 0.25) is 0 Å². The third kappa shape index (κ3) is 3.23. The van der Waals surface area contributed by atoms with Crippen molar-refractivity contribution in [2.75, 3.05) is 37.6 Å². The fourth-order valence-corrected chi connectivity index (χ4v) is 2.48. The quantitative estimate of drug-likeness (QED) is 0.906. The molecular formula is C14H19FN2O2. The molecule has 0 aliphatic carbocycles. The van der Waals surface area contributed by atoms with E-state index >= 15 is 0 Å². The van der Waals surface area contributed by atoms with Crippen LogP contribution < -0.4 is 4.90 Å². The summed E-state index contributed by atoms with van der Waals surface area (Å²) in [7, 11) is 0. The molecule has 0 spiro atoms. The molecule has 0 radical (unpaired) electrons. The van der Waals surface area contributed by atoms with Crippen molar-refractivity contribution in [2.45, 2.75) is 13.3 Å². The van der Waals surface area contributed by atoms with Crippen LogP contribution in [0.5, 0.6) is 0 Å². The molecule has 1 N–H and O–H groups in total. The van der Waals surface area contributed by atoms with Gasteiger partial charge in [0.25, 0.3) is 0 Å². The van der Waals surface area contributed by atoms with Crippen LogP contribution in [0.25, 0.3) is 0 Å². The number of carboxylic acid groups (broad SMARTS) is 1. The molecule has 0 aromatic heterocycles. The Hall–Kier alpha value is -1.62. The van der Waals surface area contributed by atoms with E-state index in [4.69, 9.17) is 5.11 Å². The SMILES string of the molecule is CCCN1CCN(c2ccc(F)cc2C(=O)O)CC1. The molecule has 1 aliphatic heterocycles. The summed E-state index contributed by atoms with van der Waals surface area (Å²) in [5.74, 6) is -1.59. The van der Waals surface area contributed by atoms with E-state index in [9.17, 15) is 9.18 Å². The highest BCUT2D eigenvalue weighted by Crippen LogP contribution is 2.23. The van der Waals surface area contributed by atoms with Gasteiger partial charge in [-0.2, -0.15) is 0 Å². The average molecular weight is 266 g/mol. The van der Waals surface area contributed by atoms with Crippen LogP contribution in [0.1, 0.15) is 23.7 Å². The van der Waals surface area contributed by atoms with E-state index in [0.717, 1.165) is 45.2 Å². The lowest BCUT2D eigenvalue weighted by molar-refractivity contribution is 0.0697. The second-order valence-corrected chi connectivity index (χ2v) is 4.80. The zero-order chi connectivity index (χ0) is 13.8. The molecule has 0 unspecified atom stereocenters. The lowest BCUT2D eigenvalue weighted by Crippen LogP contribution is -2.47. The summed E-state index contributed by atoms with van der Waals surface area (Å²) in [5.41, 5.74) is 0.661. The predicted octanol–water partition coefficient (Wildman–Crippen LogP) is 2.06. The first-order valence-corrected chi connectivity index (χ1v) is 6.62. The van der Waals surface area contributed by atoms with Gasteiger partial charge in [-0.15, -0.1) is 0 Å². The Morgan fingerprint density at radius 1 is 1.32 bits per heavy atom. The molecule has 1 saturated heterocycles. The van der Waals surface area contributed by atoms with Crippen LogP contribution in [0.15, 0.2) is 18.2 Å². The summed E-state index contributed by atoms with van der Waals surface area (Å²) in [6.45, 7) is 6.63. The van der Waals surface area contributed by atoms with E-state index in [2.05, 4.69) is 11.8 Å². The summed E-state index contributed by atoms with van der Waals surface area (Å²) < 4.78 is 13.1. The van der Waals surface area contributed by atoms with Gasteiger partial charge in [-0.1, -0.05) is 6.92 Å². The minimum atomic E-state index is -1.08. The van der Waals surface area contributed by atoms with Gasteiger partial charge < -0.3 is 10.0 Å². The first kappa shape index (κ1) is 13.8. The fourth-order valence-electron chi connectivity index (χ4n) is 2.48. The zero-order valence-corrected chi connectivity index (χ0v) is 11.1. The van der Waals surface area contributed by atoms with Gasteiger partial charge in [0.1, 0.15) is 5.82 Å². The molecule has 1 aromatic carbocycles. The second-order valence-electron chi connectivity index (χ2n) is 4.80. The lowest BCUT2D eigenvalue weighted by atomic mass is 10.1. The van der Waals surface area contributed by atoms with Crippen molar-refractivity contribution >= 4 is 11.7 Å². The van der Waals surface area contributed by atoms with Crippen molar-refractivity contribution in [3.8, 4) is 0 Å². The normalized spacial score (nSPS) is 16.6. The molecule has 0 bridgehead atoms. The molecule has 0 amide bonds. The second kappa shape index (κ2) is 6.02. The Kier molecular flexibility index (Phi) is 4.37. The van der Waals surface area contributed by atoms with Gasteiger partial charge in [-0.25, -0.2) is 9.18 Å². The fraction of sp³-hybridized carbons (Fsp3) is 0.500. The molecule has 1 aromatic rings. The summed E-state index contributed by atoms with van der Waals surface area (Å²) in [4.78, 5) is 15.6. The van der Waals surface area contributed by atoms with Gasteiger partial charge in [-0.05, 0) is 31.2 Å². The van der Waals surface area contributed by atoms with Crippen LogP contribution in [0.2, 0.25) is 0 Å². The maximum atomic E-state index is 13.1. The number of hydrogen-bond acceptors (Lipinski definition) is 3. The van der Waals surface area contributed by atoms with Crippen LogP contribution in [0, 0.1) is 5.82 Å². The number of halogens is 1. The van der Waals surface area contributed by atoms with Gasteiger partial charge in [0.15, 0.2) is 0 Å². The van der Waals surface area contributed by atoms with Crippen molar-refractivity contribution in [1.29, 1.82) is 0 Å². The Morgan fingerprint density at radius 2 is 2.00 bits per heavy atom. The molecule has 1 aliphatic rings. The van der Waals surface area contributed by atoms with Crippen LogP contribution in [-0.4, -0.2) is 48.7 Å². The molecular weight excluding hydrogens is 247 g/mol. The van der Waals surface area contributed by atoms with Gasteiger partial charge in [-0.3, -0.25) is 4.90 Å². The van der Waals surface area contributed by atoms with Crippen molar-refractivity contribution in [1.82, 2.24) is 4.90 Å². The van der Waals surface area contributed by atoms with Crippen molar-refractivity contribution < 1.29 is 14.3 Å². The lowest BCUT2D eigenvalue weighted by Gasteiger charge is -2.36. The van der Waals surface area contributed by atoms with Crippen LogP contribution >= 0.6 is 0 Å². The number of nitrogens with zero attached hydrogens (tertiary/aromatic N) is 2. The zero-order valence-electron chi connectivity index (χ0n) is 11.1. The van der Waals surface area contributed by atoms with E-state index in [1.54, 1.807) is 6.07 Å². The first-order valence-electron chi connectivity index (χ1n) is 6.62. The number of rotatable bonds is 4. The summed E-state index contributed by atoms with van der Waals surface area (Å²) in [6.07, 6.45) is 1.12. The highest BCUT2D eigenvalue weighted by molar-refractivity contribution is 5.94. The molecule has 1 heterocycles. The van der Waals surface area contributed by atoms with Crippen molar-refractivity contribution in [3.05, 3.63) is 29.6 Å². The van der Waals surface area contributed by atoms with Gasteiger partial charge >= 0.3 is 5.97 Å².